The Labute approximate surface area is 53.6 Å². The summed E-state index contributed by atoms with van der Waals surface area (Å²) >= 11 is 0. The van der Waals surface area contributed by atoms with Gasteiger partial charge in [0.05, 0.1) is 0 Å². The van der Waals surface area contributed by atoms with Crippen LogP contribution < -0.4 is 4.57 Å². The highest BCUT2D eigenvalue weighted by Crippen LogP contribution is 1.74. The first-order chi connectivity index (χ1) is 4.43. The van der Waals surface area contributed by atoms with Gasteiger partial charge in [0, 0.05) is 18.0 Å². The van der Waals surface area contributed by atoms with Crippen molar-refractivity contribution in [3.8, 4) is 0 Å². The van der Waals surface area contributed by atoms with Gasteiger partial charge in [0.15, 0.2) is 12.4 Å². The number of rotatable bonds is 1. The summed E-state index contributed by atoms with van der Waals surface area (Å²) in [6, 6.07) is 5.72. The molecular formula is C7H7N2+. The van der Waals surface area contributed by atoms with E-state index in [1.807, 2.05) is 30.6 Å². The van der Waals surface area contributed by atoms with E-state index in [1.54, 1.807) is 10.8 Å². The molecule has 0 aliphatic heterocycles. The van der Waals surface area contributed by atoms with Crippen LogP contribution in [0.25, 0.3) is 6.20 Å². The molecule has 0 aromatic carbocycles. The van der Waals surface area contributed by atoms with E-state index in [9.17, 15) is 0 Å². The Morgan fingerprint density at radius 1 is 1.22 bits per heavy atom. The summed E-state index contributed by atoms with van der Waals surface area (Å²) in [6.07, 6.45) is 5.24. The standard InChI is InChI=1S/C7H7N2/c8-4-7-9-5-2-1-3-6-9/h1-3,5-8H/q+1. The summed E-state index contributed by atoms with van der Waals surface area (Å²) in [4.78, 5) is 0. The van der Waals surface area contributed by atoms with Crippen molar-refractivity contribution in [2.75, 3.05) is 0 Å². The van der Waals surface area contributed by atoms with E-state index in [4.69, 9.17) is 5.41 Å². The molecule has 0 radical (unpaired) electrons. The van der Waals surface area contributed by atoms with Crippen molar-refractivity contribution in [1.82, 2.24) is 0 Å². The lowest BCUT2D eigenvalue weighted by Crippen LogP contribution is -2.23. The van der Waals surface area contributed by atoms with E-state index in [-0.39, 0.29) is 0 Å². The first-order valence-electron chi connectivity index (χ1n) is 2.65. The maximum absolute atomic E-state index is 6.61. The van der Waals surface area contributed by atoms with Gasteiger partial charge in [-0.05, 0) is 0 Å². The zero-order chi connectivity index (χ0) is 6.53. The third kappa shape index (κ3) is 1.52. The lowest BCUT2D eigenvalue weighted by Gasteiger charge is -1.78. The highest BCUT2D eigenvalue weighted by molar-refractivity contribution is 5.60. The van der Waals surface area contributed by atoms with Crippen LogP contribution in [-0.4, -0.2) is 5.87 Å². The second kappa shape index (κ2) is 2.80. The molecule has 2 heteroatoms. The maximum Gasteiger partial charge on any atom is 0.236 e. The smallest absolute Gasteiger partial charge is 0.236 e. The molecule has 9 heavy (non-hydrogen) atoms. The Morgan fingerprint density at radius 3 is 2.44 bits per heavy atom. The van der Waals surface area contributed by atoms with E-state index in [0.717, 1.165) is 0 Å². The van der Waals surface area contributed by atoms with Crippen molar-refractivity contribution >= 4 is 12.1 Å². The van der Waals surface area contributed by atoms with Crippen LogP contribution >= 0.6 is 0 Å². The molecule has 2 nitrogen and oxygen atoms in total. The Bertz CT molecular complexity index is 222. The molecule has 1 aromatic heterocycles. The number of hydrogen-bond acceptors (Lipinski definition) is 1. The van der Waals surface area contributed by atoms with Crippen LogP contribution in [0.1, 0.15) is 0 Å². The fourth-order valence-corrected chi connectivity index (χ4v) is 0.573. The SMILES string of the molecule is N=C=C[n+]1ccccc1. The average molecular weight is 119 g/mol. The monoisotopic (exact) mass is 119 g/mol. The number of pyridine rings is 1. The van der Waals surface area contributed by atoms with Crippen LogP contribution in [0.2, 0.25) is 0 Å². The van der Waals surface area contributed by atoms with Crippen molar-refractivity contribution in [2.24, 2.45) is 0 Å². The summed E-state index contributed by atoms with van der Waals surface area (Å²) in [5.41, 5.74) is 0. The zero-order valence-electron chi connectivity index (χ0n) is 4.91. The number of nitrogens with one attached hydrogen (secondary N) is 1. The van der Waals surface area contributed by atoms with E-state index in [2.05, 4.69) is 5.87 Å². The van der Waals surface area contributed by atoms with Crippen molar-refractivity contribution in [3.63, 3.8) is 0 Å². The molecule has 1 N–H and O–H groups in total. The van der Waals surface area contributed by atoms with Gasteiger partial charge < -0.3 is 0 Å². The summed E-state index contributed by atoms with van der Waals surface area (Å²) in [5, 5.41) is 6.61. The zero-order valence-corrected chi connectivity index (χ0v) is 4.91. The van der Waals surface area contributed by atoms with Gasteiger partial charge in [-0.2, -0.15) is 4.57 Å². The van der Waals surface area contributed by atoms with Crippen molar-refractivity contribution in [2.45, 2.75) is 0 Å². The van der Waals surface area contributed by atoms with E-state index in [1.165, 1.54) is 0 Å². The largest absolute Gasteiger partial charge is 0.254 e. The van der Waals surface area contributed by atoms with Crippen LogP contribution in [0, 0.1) is 5.41 Å². The Morgan fingerprint density at radius 2 is 1.89 bits per heavy atom. The minimum atomic E-state index is 1.54. The molecule has 0 amide bonds. The van der Waals surface area contributed by atoms with Crippen molar-refractivity contribution < 1.29 is 4.57 Å². The molecular weight excluding hydrogens is 112 g/mol. The molecule has 0 aliphatic carbocycles. The van der Waals surface area contributed by atoms with Gasteiger partial charge in [0.1, 0.15) is 0 Å². The molecule has 0 saturated heterocycles. The molecule has 44 valence electrons. The molecule has 1 heterocycles. The van der Waals surface area contributed by atoms with Gasteiger partial charge >= 0.3 is 0 Å². The second-order valence-electron chi connectivity index (χ2n) is 1.60. The molecule has 0 atom stereocenters. The number of hydrogen-bond donors (Lipinski definition) is 1. The normalized spacial score (nSPS) is 8.00. The highest BCUT2D eigenvalue weighted by Gasteiger charge is 1.85. The van der Waals surface area contributed by atoms with Gasteiger partial charge in [-0.15, -0.1) is 0 Å². The van der Waals surface area contributed by atoms with Gasteiger partial charge in [-0.25, -0.2) is 0 Å². The number of nitrogens with zero attached hydrogens (tertiary/aromatic N) is 1. The minimum Gasteiger partial charge on any atom is -0.254 e. The van der Waals surface area contributed by atoms with Gasteiger partial charge in [0.2, 0.25) is 6.20 Å². The summed E-state index contributed by atoms with van der Waals surface area (Å²) in [7, 11) is 0. The predicted octanol–water partition coefficient (Wildman–Crippen LogP) is 0.693. The summed E-state index contributed by atoms with van der Waals surface area (Å²) in [5.74, 6) is 2.17. The lowest BCUT2D eigenvalue weighted by atomic mass is 10.5. The van der Waals surface area contributed by atoms with Crippen LogP contribution in [0.15, 0.2) is 30.6 Å². The topological polar surface area (TPSA) is 27.7 Å². The molecule has 0 spiro atoms. The molecule has 1 aromatic rings. The molecule has 0 bridgehead atoms. The molecule has 0 saturated carbocycles. The summed E-state index contributed by atoms with van der Waals surface area (Å²) < 4.78 is 1.76. The fourth-order valence-electron chi connectivity index (χ4n) is 0.573. The third-order valence-corrected chi connectivity index (χ3v) is 0.952. The van der Waals surface area contributed by atoms with Gasteiger partial charge in [-0.1, -0.05) is 6.07 Å². The summed E-state index contributed by atoms with van der Waals surface area (Å²) in [6.45, 7) is 0. The lowest BCUT2D eigenvalue weighted by molar-refractivity contribution is -0.566. The quantitative estimate of drug-likeness (QED) is 0.416. The number of aromatic nitrogens is 1. The van der Waals surface area contributed by atoms with Gasteiger partial charge in [-0.3, -0.25) is 5.41 Å². The average Bonchev–Trinajstić information content (AvgIpc) is 1.91. The first-order valence-corrected chi connectivity index (χ1v) is 2.65. The van der Waals surface area contributed by atoms with Crippen LogP contribution in [0.5, 0.6) is 0 Å². The van der Waals surface area contributed by atoms with E-state index >= 15 is 0 Å². The fraction of sp³-hybridized carbons (Fsp3) is 0. The van der Waals surface area contributed by atoms with E-state index < -0.39 is 0 Å². The third-order valence-electron chi connectivity index (χ3n) is 0.952. The Balaban J connectivity index is 2.97. The first kappa shape index (κ1) is 5.73. The minimum absolute atomic E-state index is 1.54. The van der Waals surface area contributed by atoms with E-state index in [0.29, 0.717) is 0 Å². The molecule has 1 rings (SSSR count). The second-order valence-corrected chi connectivity index (χ2v) is 1.60. The Hall–Kier alpha value is -1.40. The van der Waals surface area contributed by atoms with Crippen LogP contribution in [0.4, 0.5) is 0 Å². The highest BCUT2D eigenvalue weighted by atomic mass is 14.9. The maximum atomic E-state index is 6.61. The van der Waals surface area contributed by atoms with Crippen molar-refractivity contribution in [1.29, 1.82) is 5.41 Å². The molecule has 0 unspecified atom stereocenters. The Kier molecular flexibility index (Phi) is 1.78. The van der Waals surface area contributed by atoms with Gasteiger partial charge in [0.25, 0.3) is 0 Å². The molecule has 0 fully saturated rings. The van der Waals surface area contributed by atoms with Crippen molar-refractivity contribution in [3.05, 3.63) is 30.6 Å². The van der Waals surface area contributed by atoms with Crippen LogP contribution in [-0.2, 0) is 0 Å². The predicted molar refractivity (Wildman–Crippen MR) is 35.1 cm³/mol. The van der Waals surface area contributed by atoms with Crippen LogP contribution in [0.3, 0.4) is 0 Å². The molecule has 0 aliphatic rings.